The van der Waals surface area contributed by atoms with Gasteiger partial charge in [-0.15, -0.1) is 0 Å². The molecule has 9 nitrogen and oxygen atoms in total. The molecule has 198 valence electrons. The first-order chi connectivity index (χ1) is 17.5. The van der Waals surface area contributed by atoms with Crippen LogP contribution in [0, 0.1) is 0 Å². The van der Waals surface area contributed by atoms with Gasteiger partial charge in [-0.3, -0.25) is 14.4 Å². The van der Waals surface area contributed by atoms with Crippen LogP contribution < -0.4 is 18.9 Å². The summed E-state index contributed by atoms with van der Waals surface area (Å²) in [7, 11) is 6.01. The van der Waals surface area contributed by atoms with Crippen molar-refractivity contribution in [1.29, 1.82) is 0 Å². The third-order valence-electron chi connectivity index (χ3n) is 4.96. The molecule has 0 aromatic heterocycles. The lowest BCUT2D eigenvalue weighted by molar-refractivity contribution is 0.100. The summed E-state index contributed by atoms with van der Waals surface area (Å²) in [5.41, 5.74) is 1.63. The van der Waals surface area contributed by atoms with Crippen LogP contribution in [-0.2, 0) is 0 Å². The van der Waals surface area contributed by atoms with Crippen molar-refractivity contribution >= 4 is 17.3 Å². The van der Waals surface area contributed by atoms with Gasteiger partial charge in [0, 0.05) is 16.7 Å². The van der Waals surface area contributed by atoms with E-state index in [0.717, 1.165) is 0 Å². The largest absolute Gasteiger partial charge is 0.504 e. The number of rotatable bonds is 7. The van der Waals surface area contributed by atoms with Crippen LogP contribution in [0.25, 0.3) is 0 Å². The Hall–Kier alpha value is -4.53. The molecule has 0 radical (unpaired) electrons. The van der Waals surface area contributed by atoms with Crippen LogP contribution in [0.3, 0.4) is 0 Å². The second kappa shape index (κ2) is 14.8. The fourth-order valence-electron chi connectivity index (χ4n) is 2.86. The van der Waals surface area contributed by atoms with Gasteiger partial charge in [0.1, 0.15) is 0 Å². The summed E-state index contributed by atoms with van der Waals surface area (Å²) in [6.07, 6.45) is 0. The quantitative estimate of drug-likeness (QED) is 0.415. The van der Waals surface area contributed by atoms with Crippen LogP contribution in [0.4, 0.5) is 0 Å². The minimum Gasteiger partial charge on any atom is -0.504 e. The number of hydrogen-bond acceptors (Lipinski definition) is 9. The van der Waals surface area contributed by atoms with Crippen LogP contribution >= 0.6 is 0 Å². The van der Waals surface area contributed by atoms with Crippen molar-refractivity contribution in [3.8, 4) is 34.5 Å². The highest BCUT2D eigenvalue weighted by atomic mass is 16.5. The molecule has 0 aliphatic heterocycles. The van der Waals surface area contributed by atoms with Crippen LogP contribution in [0.15, 0.2) is 54.6 Å². The van der Waals surface area contributed by atoms with Crippen molar-refractivity contribution in [3.63, 3.8) is 0 Å². The molecule has 0 fully saturated rings. The smallest absolute Gasteiger partial charge is 0.161 e. The van der Waals surface area contributed by atoms with E-state index < -0.39 is 0 Å². The molecular formula is C28H32O9. The third kappa shape index (κ3) is 9.21. The zero-order valence-corrected chi connectivity index (χ0v) is 21.9. The zero-order valence-electron chi connectivity index (χ0n) is 21.9. The molecule has 0 saturated heterocycles. The normalized spacial score (nSPS) is 9.49. The number of ether oxygens (including phenoxy) is 4. The van der Waals surface area contributed by atoms with Gasteiger partial charge in [-0.25, -0.2) is 0 Å². The van der Waals surface area contributed by atoms with Crippen molar-refractivity contribution < 1.29 is 43.5 Å². The number of ketones is 3. The fraction of sp³-hybridized carbons (Fsp3) is 0.250. The number of hydrogen-bond donors (Lipinski definition) is 2. The Morgan fingerprint density at radius 3 is 1.27 bits per heavy atom. The molecule has 3 rings (SSSR count). The molecule has 3 aromatic carbocycles. The molecule has 0 aliphatic rings. The highest BCUT2D eigenvalue weighted by Crippen LogP contribution is 2.28. The molecule has 2 N–H and O–H groups in total. The maximum atomic E-state index is 11.0. The highest BCUT2D eigenvalue weighted by Gasteiger charge is 2.07. The maximum absolute atomic E-state index is 11.0. The number of phenolic OH excluding ortho intramolecular Hbond substituents is 2. The molecular weight excluding hydrogens is 480 g/mol. The summed E-state index contributed by atoms with van der Waals surface area (Å²) in [4.78, 5) is 32.7. The SMILES string of the molecule is COc1cc(C(C)=O)ccc1O.COc1ccc(C(C)=O)cc1O.COc1ccc(C(C)=O)cc1OC. The second-order valence-corrected chi connectivity index (χ2v) is 7.51. The fourth-order valence-corrected chi connectivity index (χ4v) is 2.86. The Morgan fingerprint density at radius 2 is 0.865 bits per heavy atom. The van der Waals surface area contributed by atoms with Crippen LogP contribution in [0.1, 0.15) is 51.8 Å². The van der Waals surface area contributed by atoms with Gasteiger partial charge >= 0.3 is 0 Å². The molecule has 0 amide bonds. The number of Topliss-reactive ketones (excluding diaryl/α,β-unsaturated/α-hetero) is 3. The zero-order chi connectivity index (χ0) is 28.1. The number of carbonyl (C=O) groups is 3. The number of carbonyl (C=O) groups excluding carboxylic acids is 3. The van der Waals surface area contributed by atoms with Crippen LogP contribution in [0.2, 0.25) is 0 Å². The molecule has 0 bridgehead atoms. The second-order valence-electron chi connectivity index (χ2n) is 7.51. The van der Waals surface area contributed by atoms with Gasteiger partial charge in [0.05, 0.1) is 28.4 Å². The van der Waals surface area contributed by atoms with Crippen molar-refractivity contribution in [3.05, 3.63) is 71.3 Å². The van der Waals surface area contributed by atoms with Crippen molar-refractivity contribution in [2.24, 2.45) is 0 Å². The van der Waals surface area contributed by atoms with E-state index in [1.807, 2.05) is 0 Å². The standard InChI is InChI=1S/C10H12O3.2C9H10O3/c1-7(11)8-4-5-9(12-2)10(6-8)13-3;1-6(10)7-3-4-9(12-2)8(11)5-7;1-6(10)7-3-4-8(11)9(5-7)12-2/h4-6H,1-3H3;2*3-5,11H,1-2H3. The van der Waals surface area contributed by atoms with E-state index in [-0.39, 0.29) is 28.8 Å². The van der Waals surface area contributed by atoms with E-state index in [1.54, 1.807) is 50.6 Å². The molecule has 0 saturated carbocycles. The predicted molar refractivity (Wildman–Crippen MR) is 139 cm³/mol. The van der Waals surface area contributed by atoms with Gasteiger partial charge in [-0.1, -0.05) is 0 Å². The van der Waals surface area contributed by atoms with E-state index in [0.29, 0.717) is 39.7 Å². The predicted octanol–water partition coefficient (Wildman–Crippen LogP) is 5.11. The first-order valence-electron chi connectivity index (χ1n) is 11.0. The molecule has 0 unspecified atom stereocenters. The topological polar surface area (TPSA) is 129 Å². The van der Waals surface area contributed by atoms with Gasteiger partial charge in [0.2, 0.25) is 0 Å². The van der Waals surface area contributed by atoms with Gasteiger partial charge in [0.15, 0.2) is 51.8 Å². The monoisotopic (exact) mass is 512 g/mol. The maximum Gasteiger partial charge on any atom is 0.161 e. The average molecular weight is 513 g/mol. The lowest BCUT2D eigenvalue weighted by Crippen LogP contribution is -1.95. The van der Waals surface area contributed by atoms with Gasteiger partial charge in [0.25, 0.3) is 0 Å². The van der Waals surface area contributed by atoms with Gasteiger partial charge in [-0.05, 0) is 75.4 Å². The van der Waals surface area contributed by atoms with Gasteiger partial charge < -0.3 is 29.2 Å². The molecule has 0 aliphatic carbocycles. The summed E-state index contributed by atoms with van der Waals surface area (Å²) in [5.74, 6) is 1.83. The Bertz CT molecular complexity index is 1230. The van der Waals surface area contributed by atoms with E-state index in [2.05, 4.69) is 0 Å². The Kier molecular flexibility index (Phi) is 12.2. The lowest BCUT2D eigenvalue weighted by Gasteiger charge is -2.07. The van der Waals surface area contributed by atoms with Crippen molar-refractivity contribution in [2.75, 3.05) is 28.4 Å². The Labute approximate surface area is 216 Å². The summed E-state index contributed by atoms with van der Waals surface area (Å²) in [5, 5.41) is 18.4. The average Bonchev–Trinajstić information content (AvgIpc) is 2.88. The van der Waals surface area contributed by atoms with Crippen LogP contribution in [-0.4, -0.2) is 56.0 Å². The van der Waals surface area contributed by atoms with Gasteiger partial charge in [-0.2, -0.15) is 0 Å². The van der Waals surface area contributed by atoms with E-state index in [4.69, 9.17) is 18.9 Å². The molecule has 37 heavy (non-hydrogen) atoms. The summed E-state index contributed by atoms with van der Waals surface area (Å²) < 4.78 is 19.7. The first kappa shape index (κ1) is 30.5. The van der Waals surface area contributed by atoms with Crippen molar-refractivity contribution in [2.45, 2.75) is 20.8 Å². The highest BCUT2D eigenvalue weighted by molar-refractivity contribution is 5.95. The number of benzene rings is 3. The number of phenols is 2. The number of aromatic hydroxyl groups is 2. The summed E-state index contributed by atoms with van der Waals surface area (Å²) >= 11 is 0. The molecule has 0 heterocycles. The van der Waals surface area contributed by atoms with Crippen LogP contribution in [0.5, 0.6) is 34.5 Å². The minimum atomic E-state index is -0.0760. The van der Waals surface area contributed by atoms with E-state index in [9.17, 15) is 24.6 Å². The van der Waals surface area contributed by atoms with Crippen molar-refractivity contribution in [1.82, 2.24) is 0 Å². The first-order valence-corrected chi connectivity index (χ1v) is 11.0. The number of methoxy groups -OCH3 is 4. The van der Waals surface area contributed by atoms with E-state index in [1.165, 1.54) is 53.2 Å². The minimum absolute atomic E-state index is 0.00907. The molecule has 9 heteroatoms. The third-order valence-corrected chi connectivity index (χ3v) is 4.96. The lowest BCUT2D eigenvalue weighted by atomic mass is 10.1. The Morgan fingerprint density at radius 1 is 0.486 bits per heavy atom. The van der Waals surface area contributed by atoms with E-state index >= 15 is 0 Å². The molecule has 3 aromatic rings. The summed E-state index contributed by atoms with van der Waals surface area (Å²) in [6.45, 7) is 4.42. The Balaban J connectivity index is 0.000000278. The summed E-state index contributed by atoms with van der Waals surface area (Å²) in [6, 6.07) is 14.2. The molecule has 0 atom stereocenters. The molecule has 0 spiro atoms.